The van der Waals surface area contributed by atoms with E-state index in [2.05, 4.69) is 17.9 Å². The monoisotopic (exact) mass is 406 g/mol. The van der Waals surface area contributed by atoms with Crippen LogP contribution in [0.3, 0.4) is 0 Å². The molecule has 2 N–H and O–H groups in total. The Bertz CT molecular complexity index is 385. The van der Waals surface area contributed by atoms with Gasteiger partial charge in [0.2, 0.25) is 0 Å². The number of carbonyl (C=O) groups is 2. The van der Waals surface area contributed by atoms with Gasteiger partial charge in [-0.2, -0.15) is 0 Å². The fourth-order valence-corrected chi connectivity index (χ4v) is 1.04. The maximum atomic E-state index is 11.1. The largest absolute Gasteiger partial charge is 0.487 e. The van der Waals surface area contributed by atoms with Crippen molar-refractivity contribution in [1.82, 2.24) is 0 Å². The molecule has 1 radical (unpaired) electrons. The molecule has 8 nitrogen and oxygen atoms in total. The summed E-state index contributed by atoms with van der Waals surface area (Å²) in [6, 6.07) is 0. The zero-order valence-corrected chi connectivity index (χ0v) is 15.9. The predicted octanol–water partition coefficient (Wildman–Crippen LogP) is -0.652. The molecule has 0 fully saturated rings. The Morgan fingerprint density at radius 1 is 1.04 bits per heavy atom. The minimum atomic E-state index is -1.01. The number of hydrogen-bond acceptors (Lipinski definition) is 8. The van der Waals surface area contributed by atoms with E-state index in [4.69, 9.17) is 14.2 Å². The van der Waals surface area contributed by atoms with Crippen LogP contribution in [0.25, 0.3) is 0 Å². The van der Waals surface area contributed by atoms with E-state index in [1.54, 1.807) is 0 Å². The van der Waals surface area contributed by atoms with Crippen LogP contribution in [0, 0.1) is 6.08 Å². The molecule has 0 amide bonds. The number of ether oxygens (including phenoxy) is 4. The zero-order valence-electron chi connectivity index (χ0n) is 13.0. The van der Waals surface area contributed by atoms with E-state index in [-0.39, 0.29) is 71.5 Å². The van der Waals surface area contributed by atoms with E-state index in [0.717, 1.165) is 0 Å². The summed E-state index contributed by atoms with van der Waals surface area (Å²) in [7, 11) is 0. The number of aliphatic hydroxyl groups is 2. The van der Waals surface area contributed by atoms with Crippen LogP contribution in [0.4, 0.5) is 0 Å². The number of hydrogen-bond donors (Lipinski definition) is 2. The SMILES string of the molecule is C=[C-]C(=O)OCC(O)COCOCC(O)COC(=O)C(=C)C.[Y]. The van der Waals surface area contributed by atoms with Crippen LogP contribution in [-0.2, 0) is 61.2 Å². The second kappa shape index (κ2) is 14.9. The molecule has 0 aliphatic carbocycles. The standard InChI is InChI=1S/C14H21O8.Y/c1-4-13(17)21-7-11(15)5-19-9-20-6-12(16)8-22-14(18)10(2)3;/h11-12,15-16H,1-2,5-9H2,3H3;/q-1;. The topological polar surface area (TPSA) is 112 Å². The zero-order chi connectivity index (χ0) is 17.0. The molecule has 0 aromatic heterocycles. The van der Waals surface area contributed by atoms with Crippen LogP contribution in [0.5, 0.6) is 0 Å². The maximum absolute atomic E-state index is 11.1. The van der Waals surface area contributed by atoms with Gasteiger partial charge >= 0.3 is 5.97 Å². The van der Waals surface area contributed by atoms with Gasteiger partial charge in [-0.05, 0) is 6.92 Å². The number of carbonyl (C=O) groups excluding carboxylic acids is 2. The van der Waals surface area contributed by atoms with Crippen molar-refractivity contribution in [3.8, 4) is 0 Å². The van der Waals surface area contributed by atoms with E-state index in [1.165, 1.54) is 6.92 Å². The van der Waals surface area contributed by atoms with Gasteiger partial charge in [0.25, 0.3) is 0 Å². The molecular formula is C14H21O8Y-. The number of esters is 2. The first-order valence-electron chi connectivity index (χ1n) is 6.41. The van der Waals surface area contributed by atoms with Crippen molar-refractivity contribution in [3.63, 3.8) is 0 Å². The summed E-state index contributed by atoms with van der Waals surface area (Å²) in [5.74, 6) is -1.35. The molecule has 129 valence electrons. The third-order valence-corrected chi connectivity index (χ3v) is 2.09. The Balaban J connectivity index is 0. The summed E-state index contributed by atoms with van der Waals surface area (Å²) in [6.45, 7) is 7.09. The molecule has 0 aliphatic heterocycles. The fourth-order valence-electron chi connectivity index (χ4n) is 1.04. The molecule has 0 saturated carbocycles. The third kappa shape index (κ3) is 14.7. The van der Waals surface area contributed by atoms with Gasteiger partial charge in [-0.1, -0.05) is 6.58 Å². The normalized spacial score (nSPS) is 12.5. The van der Waals surface area contributed by atoms with Crippen LogP contribution in [0.1, 0.15) is 6.92 Å². The first-order chi connectivity index (χ1) is 10.4. The summed E-state index contributed by atoms with van der Waals surface area (Å²) in [5.41, 5.74) is 0.236. The second-order valence-electron chi connectivity index (χ2n) is 4.32. The summed E-state index contributed by atoms with van der Waals surface area (Å²) in [4.78, 5) is 21.7. The second-order valence-corrected chi connectivity index (χ2v) is 4.32. The van der Waals surface area contributed by atoms with Crippen molar-refractivity contribution in [1.29, 1.82) is 0 Å². The quantitative estimate of drug-likeness (QED) is 0.145. The summed E-state index contributed by atoms with van der Waals surface area (Å²) >= 11 is 0. The minimum Gasteiger partial charge on any atom is -0.487 e. The van der Waals surface area contributed by atoms with Crippen molar-refractivity contribution in [2.24, 2.45) is 0 Å². The van der Waals surface area contributed by atoms with Crippen molar-refractivity contribution in [3.05, 3.63) is 24.8 Å². The van der Waals surface area contributed by atoms with Crippen LogP contribution in [0.15, 0.2) is 18.7 Å². The number of rotatable bonds is 12. The van der Waals surface area contributed by atoms with E-state index in [1.807, 2.05) is 6.08 Å². The molecule has 9 heteroatoms. The van der Waals surface area contributed by atoms with E-state index in [0.29, 0.717) is 0 Å². The molecule has 0 rings (SSSR count). The van der Waals surface area contributed by atoms with Crippen LogP contribution >= 0.6 is 0 Å². The van der Waals surface area contributed by atoms with Gasteiger partial charge < -0.3 is 35.2 Å². The first kappa shape index (κ1) is 24.6. The van der Waals surface area contributed by atoms with Crippen molar-refractivity contribution in [2.75, 3.05) is 33.2 Å². The average molecular weight is 406 g/mol. The molecule has 0 aliphatic rings. The third-order valence-electron chi connectivity index (χ3n) is 2.09. The Morgan fingerprint density at radius 3 is 1.96 bits per heavy atom. The van der Waals surface area contributed by atoms with Gasteiger partial charge in [0, 0.05) is 38.3 Å². The molecule has 0 aromatic rings. The Kier molecular flexibility index (Phi) is 16.0. The van der Waals surface area contributed by atoms with E-state index >= 15 is 0 Å². The van der Waals surface area contributed by atoms with E-state index in [9.17, 15) is 19.8 Å². The van der Waals surface area contributed by atoms with Crippen molar-refractivity contribution < 1.29 is 71.5 Å². The summed E-state index contributed by atoms with van der Waals surface area (Å²) in [5, 5.41) is 18.8. The average Bonchev–Trinajstić information content (AvgIpc) is 2.49. The van der Waals surface area contributed by atoms with Gasteiger partial charge in [-0.3, -0.25) is 11.4 Å². The molecule has 0 aromatic carbocycles. The van der Waals surface area contributed by atoms with Crippen molar-refractivity contribution in [2.45, 2.75) is 19.1 Å². The predicted molar refractivity (Wildman–Crippen MR) is 74.4 cm³/mol. The van der Waals surface area contributed by atoms with Gasteiger partial charge in [0.05, 0.1) is 13.2 Å². The maximum Gasteiger partial charge on any atom is 0.333 e. The Labute approximate surface area is 160 Å². The van der Waals surface area contributed by atoms with Crippen molar-refractivity contribution >= 4 is 11.9 Å². The molecule has 0 heterocycles. The molecule has 0 spiro atoms. The molecular weight excluding hydrogens is 385 g/mol. The molecule has 0 saturated heterocycles. The van der Waals surface area contributed by atoms with Gasteiger partial charge in [0.15, 0.2) is 0 Å². The summed E-state index contributed by atoms with van der Waals surface area (Å²) in [6.07, 6.45) is -0.0317. The molecule has 2 atom stereocenters. The summed E-state index contributed by atoms with van der Waals surface area (Å²) < 4.78 is 19.2. The fraction of sp³-hybridized carbons (Fsp3) is 0.571. The van der Waals surface area contributed by atoms with E-state index < -0.39 is 24.1 Å². The Hall–Kier alpha value is -0.636. The molecule has 0 bridgehead atoms. The minimum absolute atomic E-state index is 0. The smallest absolute Gasteiger partial charge is 0.333 e. The van der Waals surface area contributed by atoms with Gasteiger partial charge in [0.1, 0.15) is 38.2 Å². The molecule has 23 heavy (non-hydrogen) atoms. The molecule has 2 unspecified atom stereocenters. The van der Waals surface area contributed by atoms with Crippen LogP contribution in [-0.4, -0.2) is 67.6 Å². The Morgan fingerprint density at radius 2 is 1.52 bits per heavy atom. The van der Waals surface area contributed by atoms with Crippen LogP contribution < -0.4 is 0 Å². The van der Waals surface area contributed by atoms with Gasteiger partial charge in [-0.15, -0.1) is 0 Å². The van der Waals surface area contributed by atoms with Gasteiger partial charge in [-0.25, -0.2) is 4.79 Å². The first-order valence-corrected chi connectivity index (χ1v) is 6.41. The number of aliphatic hydroxyl groups excluding tert-OH is 2. The van der Waals surface area contributed by atoms with Crippen LogP contribution in [0.2, 0.25) is 0 Å².